The lowest BCUT2D eigenvalue weighted by molar-refractivity contribution is -0.116. The maximum absolute atomic E-state index is 13.4. The van der Waals surface area contributed by atoms with Crippen molar-refractivity contribution in [1.82, 2.24) is 9.38 Å². The number of aromatic nitrogens is 2. The van der Waals surface area contributed by atoms with Crippen molar-refractivity contribution in [3.63, 3.8) is 0 Å². The molecule has 2 aromatic heterocycles. The molecule has 2 aromatic carbocycles. The first-order chi connectivity index (χ1) is 15.5. The van der Waals surface area contributed by atoms with E-state index in [-0.39, 0.29) is 30.3 Å². The fourth-order valence-electron chi connectivity index (χ4n) is 3.91. The second-order valence-electron chi connectivity index (χ2n) is 7.37. The van der Waals surface area contributed by atoms with E-state index in [1.165, 1.54) is 30.6 Å². The summed E-state index contributed by atoms with van der Waals surface area (Å²) in [6, 6.07) is 11.5. The molecule has 1 amide bonds. The van der Waals surface area contributed by atoms with Gasteiger partial charge in [0.1, 0.15) is 18.2 Å². The lowest BCUT2D eigenvalue weighted by Gasteiger charge is -2.26. The van der Waals surface area contributed by atoms with Crippen LogP contribution in [-0.2, 0) is 11.4 Å². The number of amides is 1. The number of ether oxygens (including phenoxy) is 2. The van der Waals surface area contributed by atoms with Gasteiger partial charge in [-0.2, -0.15) is 4.98 Å². The smallest absolute Gasteiger partial charge is 0.279 e. The zero-order chi connectivity index (χ0) is 22.2. The molecule has 1 aliphatic heterocycles. The summed E-state index contributed by atoms with van der Waals surface area (Å²) in [5, 5.41) is 4.63. The van der Waals surface area contributed by atoms with Crippen LogP contribution in [0.3, 0.4) is 0 Å². The number of methoxy groups -OCH3 is 1. The average Bonchev–Trinajstić information content (AvgIpc) is 3.25. The van der Waals surface area contributed by atoms with Crippen LogP contribution in [0.1, 0.15) is 29.0 Å². The van der Waals surface area contributed by atoms with E-state index in [9.17, 15) is 14.0 Å². The van der Waals surface area contributed by atoms with Gasteiger partial charge in [-0.25, -0.2) is 4.39 Å². The average molecular weight is 451 g/mol. The third kappa shape index (κ3) is 3.60. The fourth-order valence-corrected chi connectivity index (χ4v) is 4.61. The predicted octanol–water partition coefficient (Wildman–Crippen LogP) is 3.96. The maximum atomic E-state index is 13.4. The molecule has 0 radical (unpaired) electrons. The van der Waals surface area contributed by atoms with E-state index in [0.717, 1.165) is 5.56 Å². The molecule has 0 saturated carbocycles. The van der Waals surface area contributed by atoms with E-state index in [0.29, 0.717) is 33.4 Å². The molecular weight excluding hydrogens is 433 g/mol. The number of nitrogens with one attached hydrogen (secondary N) is 1. The Morgan fingerprint density at radius 3 is 2.91 bits per heavy atom. The Morgan fingerprint density at radius 2 is 2.09 bits per heavy atom. The summed E-state index contributed by atoms with van der Waals surface area (Å²) >= 11 is 1.33. The van der Waals surface area contributed by atoms with Gasteiger partial charge in [0.05, 0.1) is 12.7 Å². The summed E-state index contributed by atoms with van der Waals surface area (Å²) in [4.78, 5) is 30.0. The van der Waals surface area contributed by atoms with Gasteiger partial charge in [0, 0.05) is 23.9 Å². The Kier molecular flexibility index (Phi) is 5.10. The molecule has 0 unspecified atom stereocenters. The van der Waals surface area contributed by atoms with Crippen LogP contribution in [0.4, 0.5) is 10.2 Å². The topological polar surface area (TPSA) is 81.9 Å². The van der Waals surface area contributed by atoms with E-state index in [1.807, 2.05) is 5.38 Å². The molecule has 7 nitrogen and oxygen atoms in total. The SMILES string of the molecule is COc1cc([C@@H]2CC(=O)Nc3c2c(=O)nc2sccn32)ccc1OCc1cccc(F)c1. The van der Waals surface area contributed by atoms with Crippen molar-refractivity contribution in [2.24, 2.45) is 0 Å². The van der Waals surface area contributed by atoms with Crippen molar-refractivity contribution in [3.05, 3.63) is 86.9 Å². The van der Waals surface area contributed by atoms with Crippen LogP contribution < -0.4 is 20.3 Å². The third-order valence-corrected chi connectivity index (χ3v) is 6.14. The molecule has 162 valence electrons. The lowest BCUT2D eigenvalue weighted by atomic mass is 9.86. The molecule has 0 bridgehead atoms. The van der Waals surface area contributed by atoms with E-state index >= 15 is 0 Å². The highest BCUT2D eigenvalue weighted by Gasteiger charge is 2.32. The van der Waals surface area contributed by atoms with E-state index in [1.54, 1.807) is 40.9 Å². The Bertz CT molecular complexity index is 1400. The molecule has 1 aliphatic rings. The van der Waals surface area contributed by atoms with Gasteiger partial charge < -0.3 is 14.8 Å². The van der Waals surface area contributed by atoms with E-state index in [4.69, 9.17) is 9.47 Å². The number of rotatable bonds is 5. The molecule has 0 saturated heterocycles. The van der Waals surface area contributed by atoms with Crippen LogP contribution in [0, 0.1) is 5.82 Å². The normalized spacial score (nSPS) is 15.3. The Hall–Kier alpha value is -3.72. The van der Waals surface area contributed by atoms with Gasteiger partial charge in [-0.05, 0) is 35.4 Å². The van der Waals surface area contributed by atoms with Crippen molar-refractivity contribution in [1.29, 1.82) is 0 Å². The van der Waals surface area contributed by atoms with Crippen LogP contribution in [0.2, 0.25) is 0 Å². The first-order valence-corrected chi connectivity index (χ1v) is 10.8. The van der Waals surface area contributed by atoms with Crippen LogP contribution in [0.5, 0.6) is 11.5 Å². The second-order valence-corrected chi connectivity index (χ2v) is 8.24. The number of carbonyl (C=O) groups is 1. The number of anilines is 1. The molecule has 1 atom stereocenters. The van der Waals surface area contributed by atoms with Gasteiger partial charge in [0.25, 0.3) is 5.56 Å². The first kappa shape index (κ1) is 20.2. The number of carbonyl (C=O) groups excluding carboxylic acids is 1. The molecule has 5 rings (SSSR count). The fraction of sp³-hybridized carbons (Fsp3) is 0.174. The Labute approximate surface area is 186 Å². The maximum Gasteiger partial charge on any atom is 0.279 e. The summed E-state index contributed by atoms with van der Waals surface area (Å²) in [5.41, 5.74) is 1.51. The predicted molar refractivity (Wildman–Crippen MR) is 118 cm³/mol. The minimum absolute atomic E-state index is 0.118. The molecular formula is C23H18FN3O4S. The molecule has 0 fully saturated rings. The number of hydrogen-bond acceptors (Lipinski definition) is 6. The standard InChI is InChI=1S/C23H18FN3O4S/c1-30-18-10-14(5-6-17(18)31-12-13-3-2-4-15(24)9-13)16-11-19(28)25-21-20(16)22(29)26-23-27(21)7-8-32-23/h2-10,16H,11-12H2,1H3,(H,25,28)/t16-/m0/s1. The Balaban J connectivity index is 1.50. The van der Waals surface area contributed by atoms with Crippen molar-refractivity contribution in [2.75, 3.05) is 12.4 Å². The quantitative estimate of drug-likeness (QED) is 0.497. The summed E-state index contributed by atoms with van der Waals surface area (Å²) in [5.74, 6) is 0.399. The Morgan fingerprint density at radius 1 is 1.22 bits per heavy atom. The van der Waals surface area contributed by atoms with E-state index in [2.05, 4.69) is 10.3 Å². The number of nitrogens with zero attached hydrogens (tertiary/aromatic N) is 2. The summed E-state index contributed by atoms with van der Waals surface area (Å²) in [6.45, 7) is 0.170. The number of hydrogen-bond donors (Lipinski definition) is 1. The van der Waals surface area contributed by atoms with Gasteiger partial charge >= 0.3 is 0 Å². The molecule has 3 heterocycles. The van der Waals surface area contributed by atoms with Crippen molar-refractivity contribution in [2.45, 2.75) is 18.9 Å². The number of benzene rings is 2. The van der Waals surface area contributed by atoms with Crippen LogP contribution >= 0.6 is 11.3 Å². The zero-order valence-corrected chi connectivity index (χ0v) is 17.8. The van der Waals surface area contributed by atoms with Crippen molar-refractivity contribution >= 4 is 28.0 Å². The molecule has 0 spiro atoms. The zero-order valence-electron chi connectivity index (χ0n) is 17.0. The van der Waals surface area contributed by atoms with Crippen molar-refractivity contribution in [3.8, 4) is 11.5 Å². The lowest BCUT2D eigenvalue weighted by Crippen LogP contribution is -2.31. The summed E-state index contributed by atoms with van der Waals surface area (Å²) in [7, 11) is 1.51. The van der Waals surface area contributed by atoms with Crippen LogP contribution in [0.25, 0.3) is 4.96 Å². The second kappa shape index (κ2) is 8.08. The molecule has 1 N–H and O–H groups in total. The van der Waals surface area contributed by atoms with Gasteiger partial charge in [0.2, 0.25) is 5.91 Å². The van der Waals surface area contributed by atoms with Gasteiger partial charge in [0.15, 0.2) is 16.5 Å². The monoisotopic (exact) mass is 451 g/mol. The van der Waals surface area contributed by atoms with E-state index < -0.39 is 5.92 Å². The highest BCUT2D eigenvalue weighted by atomic mass is 32.1. The van der Waals surface area contributed by atoms with Crippen molar-refractivity contribution < 1.29 is 18.7 Å². The minimum Gasteiger partial charge on any atom is -0.493 e. The van der Waals surface area contributed by atoms with Crippen LogP contribution in [0.15, 0.2) is 58.8 Å². The molecule has 4 aromatic rings. The molecule has 9 heteroatoms. The van der Waals surface area contributed by atoms with Crippen LogP contribution in [-0.4, -0.2) is 22.4 Å². The van der Waals surface area contributed by atoms with Gasteiger partial charge in [-0.3, -0.25) is 14.0 Å². The first-order valence-electron chi connectivity index (χ1n) is 9.88. The number of thiazole rings is 1. The molecule has 32 heavy (non-hydrogen) atoms. The van der Waals surface area contributed by atoms with Gasteiger partial charge in [-0.15, -0.1) is 11.3 Å². The minimum atomic E-state index is -0.471. The number of fused-ring (bicyclic) bond motifs is 3. The van der Waals surface area contributed by atoms with Gasteiger partial charge in [-0.1, -0.05) is 18.2 Å². The summed E-state index contributed by atoms with van der Waals surface area (Å²) in [6.07, 6.45) is 1.89. The molecule has 0 aliphatic carbocycles. The largest absolute Gasteiger partial charge is 0.493 e. The number of halogens is 1. The highest BCUT2D eigenvalue weighted by Crippen LogP contribution is 2.39. The third-order valence-electron chi connectivity index (χ3n) is 5.38. The summed E-state index contributed by atoms with van der Waals surface area (Å²) < 4.78 is 26.5. The highest BCUT2D eigenvalue weighted by molar-refractivity contribution is 7.15.